The van der Waals surface area contributed by atoms with Gasteiger partial charge in [-0.15, -0.1) is 0 Å². The van der Waals surface area contributed by atoms with Gasteiger partial charge in [-0.3, -0.25) is 0 Å². The summed E-state index contributed by atoms with van der Waals surface area (Å²) < 4.78 is 5.47. The molecule has 1 aliphatic rings. The summed E-state index contributed by atoms with van der Waals surface area (Å²) in [5, 5.41) is 3.11. The first kappa shape index (κ1) is 10.2. The van der Waals surface area contributed by atoms with Gasteiger partial charge in [0.15, 0.2) is 5.82 Å². The van der Waals surface area contributed by atoms with E-state index in [4.69, 9.17) is 10.5 Å². The maximum Gasteiger partial charge on any atom is 0.152 e. The molecule has 0 radical (unpaired) electrons. The van der Waals surface area contributed by atoms with Gasteiger partial charge in [-0.25, -0.2) is 9.97 Å². The van der Waals surface area contributed by atoms with Crippen molar-refractivity contribution in [3.63, 3.8) is 0 Å². The van der Waals surface area contributed by atoms with Gasteiger partial charge < -0.3 is 15.8 Å². The van der Waals surface area contributed by atoms with Gasteiger partial charge in [0.05, 0.1) is 18.5 Å². The standard InChI is InChI=1S/C10H16N4O/c11-9-5-12-7-14-10(9)13-3-4-15-6-8-1-2-8/h5,7-8H,1-4,6,11H2,(H,12,13,14). The Morgan fingerprint density at radius 2 is 2.40 bits per heavy atom. The summed E-state index contributed by atoms with van der Waals surface area (Å²) in [6.07, 6.45) is 5.71. The van der Waals surface area contributed by atoms with Crippen LogP contribution in [0, 0.1) is 5.92 Å². The van der Waals surface area contributed by atoms with E-state index < -0.39 is 0 Å². The SMILES string of the molecule is Nc1cncnc1NCCOCC1CC1. The number of hydrogen-bond acceptors (Lipinski definition) is 5. The van der Waals surface area contributed by atoms with Gasteiger partial charge in [0.1, 0.15) is 6.33 Å². The van der Waals surface area contributed by atoms with Crippen molar-refractivity contribution >= 4 is 11.5 Å². The van der Waals surface area contributed by atoms with Crippen molar-refractivity contribution in [2.75, 3.05) is 30.8 Å². The van der Waals surface area contributed by atoms with Gasteiger partial charge >= 0.3 is 0 Å². The molecule has 1 aromatic rings. The highest BCUT2D eigenvalue weighted by atomic mass is 16.5. The number of ether oxygens (including phenoxy) is 1. The minimum Gasteiger partial charge on any atom is -0.394 e. The van der Waals surface area contributed by atoms with Crippen LogP contribution in [-0.4, -0.2) is 29.7 Å². The van der Waals surface area contributed by atoms with Gasteiger partial charge in [-0.2, -0.15) is 0 Å². The molecule has 0 saturated heterocycles. The van der Waals surface area contributed by atoms with Crippen molar-refractivity contribution in [1.29, 1.82) is 0 Å². The van der Waals surface area contributed by atoms with E-state index in [1.165, 1.54) is 19.2 Å². The first-order chi connectivity index (χ1) is 7.36. The van der Waals surface area contributed by atoms with Crippen LogP contribution in [0.5, 0.6) is 0 Å². The number of aromatic nitrogens is 2. The maximum absolute atomic E-state index is 5.67. The lowest BCUT2D eigenvalue weighted by molar-refractivity contribution is 0.134. The number of nitrogens with zero attached hydrogens (tertiary/aromatic N) is 2. The van der Waals surface area contributed by atoms with E-state index in [1.54, 1.807) is 6.20 Å². The number of nitrogen functional groups attached to an aromatic ring is 1. The van der Waals surface area contributed by atoms with Crippen molar-refractivity contribution in [1.82, 2.24) is 9.97 Å². The number of anilines is 2. The lowest BCUT2D eigenvalue weighted by atomic mass is 10.4. The predicted molar refractivity (Wildman–Crippen MR) is 58.5 cm³/mol. The Hall–Kier alpha value is -1.36. The average molecular weight is 208 g/mol. The van der Waals surface area contributed by atoms with Crippen molar-refractivity contribution < 1.29 is 4.74 Å². The largest absolute Gasteiger partial charge is 0.394 e. The molecule has 0 aliphatic heterocycles. The van der Waals surface area contributed by atoms with E-state index in [-0.39, 0.29) is 0 Å². The van der Waals surface area contributed by atoms with Crippen LogP contribution in [-0.2, 0) is 4.74 Å². The molecule has 15 heavy (non-hydrogen) atoms. The Morgan fingerprint density at radius 1 is 1.53 bits per heavy atom. The minimum atomic E-state index is 0.569. The van der Waals surface area contributed by atoms with Gasteiger partial charge in [0.25, 0.3) is 0 Å². The highest BCUT2D eigenvalue weighted by Gasteiger charge is 2.20. The first-order valence-corrected chi connectivity index (χ1v) is 5.23. The summed E-state index contributed by atoms with van der Waals surface area (Å²) in [5.74, 6) is 1.49. The molecule has 0 spiro atoms. The fourth-order valence-corrected chi connectivity index (χ4v) is 1.26. The number of hydrogen-bond donors (Lipinski definition) is 2. The van der Waals surface area contributed by atoms with Gasteiger partial charge in [-0.1, -0.05) is 0 Å². The van der Waals surface area contributed by atoms with Crippen LogP contribution < -0.4 is 11.1 Å². The third-order valence-corrected chi connectivity index (χ3v) is 2.33. The zero-order valence-corrected chi connectivity index (χ0v) is 8.65. The van der Waals surface area contributed by atoms with Crippen molar-refractivity contribution in [3.05, 3.63) is 12.5 Å². The molecule has 0 amide bonds. The first-order valence-electron chi connectivity index (χ1n) is 5.23. The molecule has 1 heterocycles. The Labute approximate surface area is 89.1 Å². The van der Waals surface area contributed by atoms with Gasteiger partial charge in [-0.05, 0) is 18.8 Å². The van der Waals surface area contributed by atoms with E-state index in [9.17, 15) is 0 Å². The molecule has 5 nitrogen and oxygen atoms in total. The summed E-state index contributed by atoms with van der Waals surface area (Å²) in [6.45, 7) is 2.31. The molecule has 1 fully saturated rings. The molecule has 1 saturated carbocycles. The average Bonchev–Trinajstić information content (AvgIpc) is 3.04. The number of nitrogens with one attached hydrogen (secondary N) is 1. The van der Waals surface area contributed by atoms with Crippen molar-refractivity contribution in [3.8, 4) is 0 Å². The molecular weight excluding hydrogens is 192 g/mol. The highest BCUT2D eigenvalue weighted by molar-refractivity contribution is 5.58. The second-order valence-corrected chi connectivity index (χ2v) is 3.77. The Bertz CT molecular complexity index is 314. The molecular formula is C10H16N4O. The van der Waals surface area contributed by atoms with E-state index in [1.807, 2.05) is 0 Å². The zero-order valence-electron chi connectivity index (χ0n) is 8.65. The lowest BCUT2D eigenvalue weighted by Crippen LogP contribution is -2.12. The van der Waals surface area contributed by atoms with E-state index >= 15 is 0 Å². The zero-order chi connectivity index (χ0) is 10.5. The van der Waals surface area contributed by atoms with Crippen LogP contribution in [0.25, 0.3) is 0 Å². The second-order valence-electron chi connectivity index (χ2n) is 3.77. The number of rotatable bonds is 6. The topological polar surface area (TPSA) is 73.1 Å². The summed E-state index contributed by atoms with van der Waals surface area (Å²) in [5.41, 5.74) is 6.23. The maximum atomic E-state index is 5.67. The van der Waals surface area contributed by atoms with Crippen molar-refractivity contribution in [2.24, 2.45) is 5.92 Å². The van der Waals surface area contributed by atoms with E-state index in [0.29, 0.717) is 18.1 Å². The Kier molecular flexibility index (Phi) is 3.34. The molecule has 1 aliphatic carbocycles. The molecule has 0 bridgehead atoms. The summed E-state index contributed by atoms with van der Waals surface area (Å²) in [4.78, 5) is 7.83. The monoisotopic (exact) mass is 208 g/mol. The predicted octanol–water partition coefficient (Wildman–Crippen LogP) is 0.897. The fraction of sp³-hybridized carbons (Fsp3) is 0.600. The van der Waals surface area contributed by atoms with Crippen LogP contribution in [0.15, 0.2) is 12.5 Å². The lowest BCUT2D eigenvalue weighted by Gasteiger charge is -2.07. The van der Waals surface area contributed by atoms with E-state index in [0.717, 1.165) is 19.1 Å². The molecule has 2 rings (SSSR count). The molecule has 0 unspecified atom stereocenters. The van der Waals surface area contributed by atoms with Crippen LogP contribution in [0.1, 0.15) is 12.8 Å². The molecule has 1 aromatic heterocycles. The summed E-state index contributed by atoms with van der Waals surface area (Å²) >= 11 is 0. The smallest absolute Gasteiger partial charge is 0.152 e. The molecule has 3 N–H and O–H groups in total. The highest BCUT2D eigenvalue weighted by Crippen LogP contribution is 2.28. The minimum absolute atomic E-state index is 0.569. The molecule has 82 valence electrons. The van der Waals surface area contributed by atoms with Crippen LogP contribution in [0.3, 0.4) is 0 Å². The summed E-state index contributed by atoms with van der Waals surface area (Å²) in [7, 11) is 0. The molecule has 5 heteroatoms. The summed E-state index contributed by atoms with van der Waals surface area (Å²) in [6, 6.07) is 0. The third-order valence-electron chi connectivity index (χ3n) is 2.33. The van der Waals surface area contributed by atoms with E-state index in [2.05, 4.69) is 15.3 Å². The third kappa shape index (κ3) is 3.36. The quantitative estimate of drug-likeness (QED) is 0.679. The molecule has 0 aromatic carbocycles. The van der Waals surface area contributed by atoms with Gasteiger partial charge in [0.2, 0.25) is 0 Å². The normalized spacial score (nSPS) is 15.2. The van der Waals surface area contributed by atoms with Gasteiger partial charge in [0, 0.05) is 13.2 Å². The Balaban J connectivity index is 1.62. The van der Waals surface area contributed by atoms with Crippen LogP contribution >= 0.6 is 0 Å². The number of nitrogens with two attached hydrogens (primary N) is 1. The second kappa shape index (κ2) is 4.93. The fourth-order valence-electron chi connectivity index (χ4n) is 1.26. The molecule has 0 atom stereocenters. The van der Waals surface area contributed by atoms with Crippen LogP contribution in [0.2, 0.25) is 0 Å². The van der Waals surface area contributed by atoms with Crippen molar-refractivity contribution in [2.45, 2.75) is 12.8 Å². The van der Waals surface area contributed by atoms with Crippen LogP contribution in [0.4, 0.5) is 11.5 Å². The Morgan fingerprint density at radius 3 is 3.13 bits per heavy atom.